The van der Waals surface area contributed by atoms with Gasteiger partial charge in [-0.1, -0.05) is 12.1 Å². The number of hydrogen-bond acceptors (Lipinski definition) is 1. The lowest BCUT2D eigenvalue weighted by Crippen LogP contribution is -2.14. The molecule has 0 heterocycles. The first kappa shape index (κ1) is 11.9. The summed E-state index contributed by atoms with van der Waals surface area (Å²) in [6.45, 7) is 0. The van der Waals surface area contributed by atoms with Crippen LogP contribution in [-0.2, 0) is 0 Å². The molecule has 1 aromatic carbocycles. The maximum atomic E-state index is 12.9. The Morgan fingerprint density at radius 3 is 2.33 bits per heavy atom. The monoisotopic (exact) mass is 226 g/mol. The number of rotatable bonds is 2. The summed E-state index contributed by atoms with van der Waals surface area (Å²) >= 11 is 0. The van der Waals surface area contributed by atoms with Gasteiger partial charge in [0.25, 0.3) is 0 Å². The van der Waals surface area contributed by atoms with Gasteiger partial charge in [0.2, 0.25) is 0 Å². The smallest absolute Gasteiger partial charge is 0.388 e. The Bertz CT molecular complexity index is 347. The predicted octanol–water partition coefficient (Wildman–Crippen LogP) is 2.95. The normalized spacial score (nSPS) is 14.0. The molecule has 84 valence electrons. The van der Waals surface area contributed by atoms with E-state index in [9.17, 15) is 22.0 Å². The molecule has 0 aliphatic heterocycles. The van der Waals surface area contributed by atoms with Crippen LogP contribution < -0.4 is 0 Å². The summed E-state index contributed by atoms with van der Waals surface area (Å²) < 4.78 is 61.1. The molecule has 0 saturated carbocycles. The molecule has 6 heteroatoms. The highest BCUT2D eigenvalue weighted by molar-refractivity contribution is 5.21. The molecule has 1 rings (SSSR count). The quantitative estimate of drug-likeness (QED) is 0.768. The molecule has 1 atom stereocenters. The lowest BCUT2D eigenvalue weighted by molar-refractivity contribution is -0.154. The van der Waals surface area contributed by atoms with Gasteiger partial charge in [-0.25, -0.2) is 8.78 Å². The highest BCUT2D eigenvalue weighted by Crippen LogP contribution is 2.30. The topological polar surface area (TPSA) is 20.2 Å². The summed E-state index contributed by atoms with van der Waals surface area (Å²) in [6, 6.07) is 2.71. The highest BCUT2D eigenvalue weighted by atomic mass is 19.4. The van der Waals surface area contributed by atoms with Gasteiger partial charge in [-0.2, -0.15) is 13.2 Å². The molecule has 0 aliphatic carbocycles. The molecule has 0 saturated heterocycles. The second kappa shape index (κ2) is 4.14. The molecule has 1 aromatic rings. The molecule has 1 nitrogen and oxygen atoms in total. The van der Waals surface area contributed by atoms with Crippen LogP contribution >= 0.6 is 0 Å². The first-order valence-electron chi connectivity index (χ1n) is 4.00. The minimum absolute atomic E-state index is 0.688. The Morgan fingerprint density at radius 1 is 1.20 bits per heavy atom. The molecule has 0 aromatic heterocycles. The Labute approximate surface area is 82.1 Å². The van der Waals surface area contributed by atoms with E-state index in [-0.39, 0.29) is 0 Å². The Balaban J connectivity index is 2.92. The van der Waals surface area contributed by atoms with Crippen LogP contribution in [0, 0.1) is 11.6 Å². The third-order valence-corrected chi connectivity index (χ3v) is 1.77. The van der Waals surface area contributed by atoms with Crippen LogP contribution in [0.3, 0.4) is 0 Å². The van der Waals surface area contributed by atoms with E-state index in [0.717, 1.165) is 18.2 Å². The molecule has 0 spiro atoms. The van der Waals surface area contributed by atoms with E-state index in [0.29, 0.717) is 0 Å². The fraction of sp³-hybridized carbons (Fsp3) is 0.333. The second-order valence-corrected chi connectivity index (χ2v) is 2.98. The number of aliphatic hydroxyl groups excluding tert-OH is 1. The third kappa shape index (κ3) is 3.16. The molecule has 0 amide bonds. The third-order valence-electron chi connectivity index (χ3n) is 1.77. The molecule has 0 aliphatic rings. The molecule has 1 unspecified atom stereocenters. The Hall–Kier alpha value is -1.17. The van der Waals surface area contributed by atoms with E-state index >= 15 is 0 Å². The second-order valence-electron chi connectivity index (χ2n) is 2.98. The first-order valence-corrected chi connectivity index (χ1v) is 4.00. The highest BCUT2D eigenvalue weighted by Gasteiger charge is 2.33. The minimum Gasteiger partial charge on any atom is -0.388 e. The predicted molar refractivity (Wildman–Crippen MR) is 42.0 cm³/mol. The van der Waals surface area contributed by atoms with Crippen molar-refractivity contribution in [1.29, 1.82) is 0 Å². The van der Waals surface area contributed by atoms with Crippen molar-refractivity contribution < 1.29 is 27.1 Å². The van der Waals surface area contributed by atoms with Crippen molar-refractivity contribution >= 4 is 0 Å². The van der Waals surface area contributed by atoms with Gasteiger partial charge < -0.3 is 5.11 Å². The summed E-state index contributed by atoms with van der Waals surface area (Å²) in [7, 11) is 0. The van der Waals surface area contributed by atoms with Crippen molar-refractivity contribution in [3.8, 4) is 0 Å². The van der Waals surface area contributed by atoms with Gasteiger partial charge in [0.05, 0.1) is 12.5 Å². The van der Waals surface area contributed by atoms with Crippen molar-refractivity contribution in [2.45, 2.75) is 18.7 Å². The summed E-state index contributed by atoms with van der Waals surface area (Å²) in [5.74, 6) is -2.73. The van der Waals surface area contributed by atoms with Crippen LogP contribution in [0.25, 0.3) is 0 Å². The maximum absolute atomic E-state index is 12.9. The lowest BCUT2D eigenvalue weighted by atomic mass is 10.1. The number of aliphatic hydroxyl groups is 1. The van der Waals surface area contributed by atoms with Crippen LogP contribution in [0.1, 0.15) is 18.1 Å². The van der Waals surface area contributed by atoms with Gasteiger partial charge >= 0.3 is 6.18 Å². The lowest BCUT2D eigenvalue weighted by Gasteiger charge is -2.14. The van der Waals surface area contributed by atoms with E-state index in [1.807, 2.05) is 0 Å². The van der Waals surface area contributed by atoms with Crippen LogP contribution in [0.2, 0.25) is 0 Å². The fourth-order valence-corrected chi connectivity index (χ4v) is 1.11. The maximum Gasteiger partial charge on any atom is 0.391 e. The van der Waals surface area contributed by atoms with Crippen LogP contribution in [0.15, 0.2) is 18.2 Å². The van der Waals surface area contributed by atoms with Gasteiger partial charge in [0.1, 0.15) is 0 Å². The van der Waals surface area contributed by atoms with Crippen molar-refractivity contribution in [3.05, 3.63) is 35.4 Å². The molecule has 0 fully saturated rings. The van der Waals surface area contributed by atoms with E-state index < -0.39 is 35.9 Å². The van der Waals surface area contributed by atoms with Crippen molar-refractivity contribution in [1.82, 2.24) is 0 Å². The zero-order valence-electron chi connectivity index (χ0n) is 7.35. The van der Waals surface area contributed by atoms with Crippen LogP contribution in [-0.4, -0.2) is 11.3 Å². The molecular formula is C9H7F5O. The molecule has 15 heavy (non-hydrogen) atoms. The standard InChI is InChI=1S/C9H7F5O/c10-6-3-1-2-5(8(6)11)7(15)4-9(12,13)14/h1-3,7,15H,4H2. The zero-order valence-corrected chi connectivity index (χ0v) is 7.35. The van der Waals surface area contributed by atoms with E-state index in [1.165, 1.54) is 0 Å². The van der Waals surface area contributed by atoms with Gasteiger partial charge in [-0.15, -0.1) is 0 Å². The van der Waals surface area contributed by atoms with Gasteiger partial charge in [0.15, 0.2) is 11.6 Å². The average molecular weight is 226 g/mol. The van der Waals surface area contributed by atoms with Gasteiger partial charge in [-0.3, -0.25) is 0 Å². The van der Waals surface area contributed by atoms with Gasteiger partial charge in [0, 0.05) is 5.56 Å². The Kier molecular flexibility index (Phi) is 3.28. The largest absolute Gasteiger partial charge is 0.391 e. The van der Waals surface area contributed by atoms with E-state index in [1.54, 1.807) is 0 Å². The fourth-order valence-electron chi connectivity index (χ4n) is 1.11. The summed E-state index contributed by atoms with van der Waals surface area (Å²) in [4.78, 5) is 0. The molecule has 1 N–H and O–H groups in total. The molecule has 0 bridgehead atoms. The average Bonchev–Trinajstić information content (AvgIpc) is 2.06. The van der Waals surface area contributed by atoms with Crippen molar-refractivity contribution in [3.63, 3.8) is 0 Å². The molecular weight excluding hydrogens is 219 g/mol. The summed E-state index contributed by atoms with van der Waals surface area (Å²) in [5, 5.41) is 9.03. The first-order chi connectivity index (χ1) is 6.81. The van der Waals surface area contributed by atoms with Crippen molar-refractivity contribution in [2.24, 2.45) is 0 Å². The minimum atomic E-state index is -4.63. The van der Waals surface area contributed by atoms with Crippen LogP contribution in [0.4, 0.5) is 22.0 Å². The van der Waals surface area contributed by atoms with Gasteiger partial charge in [-0.05, 0) is 6.07 Å². The number of hydrogen-bond donors (Lipinski definition) is 1. The SMILES string of the molecule is OC(CC(F)(F)F)c1cccc(F)c1F. The Morgan fingerprint density at radius 2 is 1.80 bits per heavy atom. The van der Waals surface area contributed by atoms with Crippen molar-refractivity contribution in [2.75, 3.05) is 0 Å². The van der Waals surface area contributed by atoms with Crippen LogP contribution in [0.5, 0.6) is 0 Å². The number of benzene rings is 1. The zero-order chi connectivity index (χ0) is 11.6. The number of halogens is 5. The molecule has 0 radical (unpaired) electrons. The van der Waals surface area contributed by atoms with E-state index in [2.05, 4.69) is 0 Å². The summed E-state index contributed by atoms with van der Waals surface area (Å²) in [5.41, 5.74) is -0.688. The summed E-state index contributed by atoms with van der Waals surface area (Å²) in [6.07, 6.45) is -8.31. The van der Waals surface area contributed by atoms with E-state index in [4.69, 9.17) is 5.11 Å². The number of alkyl halides is 3.